The van der Waals surface area contributed by atoms with Crippen molar-refractivity contribution in [3.63, 3.8) is 0 Å². The molecule has 0 spiro atoms. The van der Waals surface area contributed by atoms with Crippen LogP contribution in [0.1, 0.15) is 37.3 Å². The highest BCUT2D eigenvalue weighted by atomic mass is 16.2. The molecule has 0 saturated carbocycles. The Hall–Kier alpha value is -1.84. The molecule has 4 heteroatoms. The summed E-state index contributed by atoms with van der Waals surface area (Å²) in [6.07, 6.45) is 5.60. The lowest BCUT2D eigenvalue weighted by atomic mass is 10.1. The molecule has 1 aromatic carbocycles. The Morgan fingerprint density at radius 3 is 2.68 bits per heavy atom. The molecule has 19 heavy (non-hydrogen) atoms. The quantitative estimate of drug-likeness (QED) is 0.669. The predicted molar refractivity (Wildman–Crippen MR) is 78.7 cm³/mol. The number of nitrogens with zero attached hydrogens (tertiary/aromatic N) is 2. The lowest BCUT2D eigenvalue weighted by Gasteiger charge is -2.29. The molecule has 1 saturated heterocycles. The van der Waals surface area contributed by atoms with E-state index >= 15 is 0 Å². The number of anilines is 1. The van der Waals surface area contributed by atoms with E-state index in [2.05, 4.69) is 40.5 Å². The van der Waals surface area contributed by atoms with E-state index in [1.807, 2.05) is 0 Å². The molecule has 102 valence electrons. The molecule has 1 aliphatic heterocycles. The van der Waals surface area contributed by atoms with E-state index in [1.54, 1.807) is 6.21 Å². The van der Waals surface area contributed by atoms with Crippen molar-refractivity contribution in [3.8, 4) is 0 Å². The first kappa shape index (κ1) is 13.6. The average Bonchev–Trinajstić information content (AvgIpc) is 2.41. The van der Waals surface area contributed by atoms with Crippen molar-refractivity contribution in [3.05, 3.63) is 29.3 Å². The fraction of sp³-hybridized carbons (Fsp3) is 0.467. The monoisotopic (exact) mass is 259 g/mol. The molecule has 1 aromatic rings. The lowest BCUT2D eigenvalue weighted by Crippen LogP contribution is -2.29. The summed E-state index contributed by atoms with van der Waals surface area (Å²) in [5.41, 5.74) is 5.92. The molecule has 1 fully saturated rings. The number of hydrazone groups is 1. The molecule has 1 amide bonds. The number of hydrogen-bond donors (Lipinski definition) is 1. The number of benzene rings is 1. The smallest absolute Gasteiger partial charge is 0.236 e. The number of carbonyl (C=O) groups excluding carboxylic acids is 1. The van der Waals surface area contributed by atoms with Crippen LogP contribution in [0.4, 0.5) is 5.69 Å². The van der Waals surface area contributed by atoms with Gasteiger partial charge in [0.2, 0.25) is 5.91 Å². The Morgan fingerprint density at radius 2 is 2.05 bits per heavy atom. The molecule has 1 N–H and O–H groups in total. The average molecular weight is 259 g/mol. The van der Waals surface area contributed by atoms with E-state index in [0.29, 0.717) is 0 Å². The van der Waals surface area contributed by atoms with Gasteiger partial charge >= 0.3 is 0 Å². The first-order valence-electron chi connectivity index (χ1n) is 6.82. The van der Waals surface area contributed by atoms with Gasteiger partial charge in [0, 0.05) is 25.7 Å². The number of nitrogens with one attached hydrogen (secondary N) is 1. The fourth-order valence-electron chi connectivity index (χ4n) is 2.35. The third-order valence-electron chi connectivity index (χ3n) is 3.40. The van der Waals surface area contributed by atoms with Gasteiger partial charge in [-0.1, -0.05) is 6.07 Å². The van der Waals surface area contributed by atoms with E-state index in [9.17, 15) is 4.79 Å². The summed E-state index contributed by atoms with van der Waals surface area (Å²) in [5, 5.41) is 3.91. The standard InChI is InChI=1S/C15H21N3O/c1-12-10-15(18-8-4-3-5-9-18)7-6-14(12)11-16-17-13(2)19/h6-7,10-11H,3-5,8-9H2,1-2H3,(H,17,19)/b16-11-. The van der Waals surface area contributed by atoms with Crippen LogP contribution in [-0.2, 0) is 4.79 Å². The maximum Gasteiger partial charge on any atom is 0.236 e. The normalized spacial score (nSPS) is 15.8. The fourth-order valence-corrected chi connectivity index (χ4v) is 2.35. The van der Waals surface area contributed by atoms with Crippen LogP contribution >= 0.6 is 0 Å². The molecule has 0 aromatic heterocycles. The molecule has 0 bridgehead atoms. The molecule has 0 aliphatic carbocycles. The number of amides is 1. The van der Waals surface area contributed by atoms with Crippen LogP contribution < -0.4 is 10.3 Å². The topological polar surface area (TPSA) is 44.7 Å². The summed E-state index contributed by atoms with van der Waals surface area (Å²) in [4.78, 5) is 13.2. The van der Waals surface area contributed by atoms with Crippen LogP contribution in [0.2, 0.25) is 0 Å². The summed E-state index contributed by atoms with van der Waals surface area (Å²) < 4.78 is 0. The van der Waals surface area contributed by atoms with Crippen molar-refractivity contribution in [1.82, 2.24) is 5.43 Å². The van der Waals surface area contributed by atoms with Gasteiger partial charge in [-0.05, 0) is 49.4 Å². The minimum absolute atomic E-state index is 0.154. The largest absolute Gasteiger partial charge is 0.372 e. The van der Waals surface area contributed by atoms with Gasteiger partial charge in [-0.15, -0.1) is 0 Å². The molecular formula is C15H21N3O. The SMILES string of the molecule is CC(=O)N/N=C\c1ccc(N2CCCCC2)cc1C. The second-order valence-corrected chi connectivity index (χ2v) is 5.01. The highest BCUT2D eigenvalue weighted by molar-refractivity contribution is 5.84. The van der Waals surface area contributed by atoms with Gasteiger partial charge in [0.15, 0.2) is 0 Å². The number of hydrogen-bond acceptors (Lipinski definition) is 3. The predicted octanol–water partition coefficient (Wildman–Crippen LogP) is 2.46. The van der Waals surface area contributed by atoms with Gasteiger partial charge in [0.25, 0.3) is 0 Å². The van der Waals surface area contributed by atoms with E-state index in [4.69, 9.17) is 0 Å². The van der Waals surface area contributed by atoms with Gasteiger partial charge in [-0.25, -0.2) is 5.43 Å². The third-order valence-corrected chi connectivity index (χ3v) is 3.40. The van der Waals surface area contributed by atoms with E-state index in [1.165, 1.54) is 37.4 Å². The summed E-state index contributed by atoms with van der Waals surface area (Å²) in [6.45, 7) is 5.82. The molecule has 0 radical (unpaired) electrons. The zero-order valence-corrected chi connectivity index (χ0v) is 11.6. The van der Waals surface area contributed by atoms with Crippen LogP contribution in [0, 0.1) is 6.92 Å². The third kappa shape index (κ3) is 3.81. The molecule has 0 unspecified atom stereocenters. The van der Waals surface area contributed by atoms with Crippen molar-refractivity contribution in [1.29, 1.82) is 0 Å². The maximum absolute atomic E-state index is 10.7. The van der Waals surface area contributed by atoms with Gasteiger partial charge in [-0.2, -0.15) is 5.10 Å². The van der Waals surface area contributed by atoms with Crippen molar-refractivity contribution < 1.29 is 4.79 Å². The first-order valence-corrected chi connectivity index (χ1v) is 6.82. The molecule has 1 heterocycles. The molecular weight excluding hydrogens is 238 g/mol. The highest BCUT2D eigenvalue weighted by Crippen LogP contribution is 2.22. The minimum atomic E-state index is -0.154. The van der Waals surface area contributed by atoms with Crippen LogP contribution in [0.5, 0.6) is 0 Å². The zero-order valence-electron chi connectivity index (χ0n) is 11.6. The number of carbonyl (C=O) groups is 1. The molecule has 4 nitrogen and oxygen atoms in total. The summed E-state index contributed by atoms with van der Waals surface area (Å²) >= 11 is 0. The van der Waals surface area contributed by atoms with Crippen molar-refractivity contribution in [2.75, 3.05) is 18.0 Å². The van der Waals surface area contributed by atoms with Crippen molar-refractivity contribution in [2.45, 2.75) is 33.1 Å². The lowest BCUT2D eigenvalue weighted by molar-refractivity contribution is -0.118. The second kappa shape index (κ2) is 6.36. The van der Waals surface area contributed by atoms with Crippen molar-refractivity contribution in [2.24, 2.45) is 5.10 Å². The Balaban J connectivity index is 2.07. The molecule has 2 rings (SSSR count). The summed E-state index contributed by atoms with van der Waals surface area (Å²) in [7, 11) is 0. The van der Waals surface area contributed by atoms with Gasteiger partial charge in [0.1, 0.15) is 0 Å². The summed E-state index contributed by atoms with van der Waals surface area (Å²) in [5.74, 6) is -0.154. The Kier molecular flexibility index (Phi) is 4.55. The maximum atomic E-state index is 10.7. The Bertz CT molecular complexity index is 476. The molecule has 1 aliphatic rings. The van der Waals surface area contributed by atoms with E-state index in [0.717, 1.165) is 18.7 Å². The second-order valence-electron chi connectivity index (χ2n) is 5.01. The van der Waals surface area contributed by atoms with Crippen LogP contribution in [0.3, 0.4) is 0 Å². The van der Waals surface area contributed by atoms with E-state index < -0.39 is 0 Å². The number of piperidine rings is 1. The highest BCUT2D eigenvalue weighted by Gasteiger charge is 2.11. The van der Waals surface area contributed by atoms with Crippen molar-refractivity contribution >= 4 is 17.8 Å². The van der Waals surface area contributed by atoms with E-state index in [-0.39, 0.29) is 5.91 Å². The number of aryl methyl sites for hydroxylation is 1. The van der Waals surface area contributed by atoms with Crippen LogP contribution in [-0.4, -0.2) is 25.2 Å². The molecule has 0 atom stereocenters. The Morgan fingerprint density at radius 1 is 1.32 bits per heavy atom. The minimum Gasteiger partial charge on any atom is -0.372 e. The first-order chi connectivity index (χ1) is 9.16. The van der Waals surface area contributed by atoms with Gasteiger partial charge < -0.3 is 4.90 Å². The van der Waals surface area contributed by atoms with Crippen LogP contribution in [0.25, 0.3) is 0 Å². The Labute approximate surface area is 114 Å². The van der Waals surface area contributed by atoms with Gasteiger partial charge in [0.05, 0.1) is 6.21 Å². The summed E-state index contributed by atoms with van der Waals surface area (Å²) in [6, 6.07) is 6.39. The zero-order chi connectivity index (χ0) is 13.7. The van der Waals surface area contributed by atoms with Gasteiger partial charge in [-0.3, -0.25) is 4.79 Å². The number of rotatable bonds is 3. The van der Waals surface area contributed by atoms with Crippen LogP contribution in [0.15, 0.2) is 23.3 Å².